The molecular weight excluding hydrogens is 257 g/mol. The van der Waals surface area contributed by atoms with Gasteiger partial charge < -0.3 is 11.1 Å². The Morgan fingerprint density at radius 2 is 2.25 bits per heavy atom. The van der Waals surface area contributed by atoms with Crippen LogP contribution < -0.4 is 11.1 Å². The van der Waals surface area contributed by atoms with Crippen LogP contribution in [0.2, 0.25) is 0 Å². The van der Waals surface area contributed by atoms with Gasteiger partial charge in [-0.2, -0.15) is 10.4 Å². The maximum absolute atomic E-state index is 13.3. The van der Waals surface area contributed by atoms with Gasteiger partial charge in [-0.25, -0.2) is 4.39 Å². The van der Waals surface area contributed by atoms with E-state index in [4.69, 9.17) is 11.0 Å². The van der Waals surface area contributed by atoms with Crippen LogP contribution in [0.1, 0.15) is 24.6 Å². The molecule has 1 aromatic heterocycles. The standard InChI is InChI=1S/C14H16FN5/c1-3-4-12-13(17)14(20(2)19-12)18-10-5-6-11(15)9(7-10)8-16/h5-7,18H,3-4,17H2,1-2H3. The van der Waals surface area contributed by atoms with Crippen molar-refractivity contribution < 1.29 is 4.39 Å². The molecule has 2 aromatic rings. The summed E-state index contributed by atoms with van der Waals surface area (Å²) in [6, 6.07) is 6.06. The van der Waals surface area contributed by atoms with Gasteiger partial charge in [0.25, 0.3) is 0 Å². The molecule has 0 bridgehead atoms. The second kappa shape index (κ2) is 5.61. The molecule has 2 rings (SSSR count). The minimum atomic E-state index is -0.539. The van der Waals surface area contributed by atoms with Gasteiger partial charge in [-0.3, -0.25) is 4.68 Å². The summed E-state index contributed by atoms with van der Waals surface area (Å²) >= 11 is 0. The van der Waals surface area contributed by atoms with Crippen molar-refractivity contribution in [1.82, 2.24) is 9.78 Å². The van der Waals surface area contributed by atoms with E-state index in [1.165, 1.54) is 12.1 Å². The number of benzene rings is 1. The molecule has 0 saturated heterocycles. The van der Waals surface area contributed by atoms with Gasteiger partial charge in [0.2, 0.25) is 0 Å². The lowest BCUT2D eigenvalue weighted by molar-refractivity contribution is 0.624. The largest absolute Gasteiger partial charge is 0.394 e. The molecular formula is C14H16FN5. The Hall–Kier alpha value is -2.55. The fraction of sp³-hybridized carbons (Fsp3) is 0.286. The smallest absolute Gasteiger partial charge is 0.152 e. The van der Waals surface area contributed by atoms with E-state index < -0.39 is 5.82 Å². The zero-order valence-corrected chi connectivity index (χ0v) is 11.4. The summed E-state index contributed by atoms with van der Waals surface area (Å²) in [4.78, 5) is 0. The highest BCUT2D eigenvalue weighted by Crippen LogP contribution is 2.27. The van der Waals surface area contributed by atoms with Crippen LogP contribution in [0.15, 0.2) is 18.2 Å². The number of nitrogen functional groups attached to an aromatic ring is 1. The summed E-state index contributed by atoms with van der Waals surface area (Å²) in [6.45, 7) is 2.06. The SMILES string of the molecule is CCCc1nn(C)c(Nc2ccc(F)c(C#N)c2)c1N. The summed E-state index contributed by atoms with van der Waals surface area (Å²) in [6.07, 6.45) is 1.75. The molecule has 0 radical (unpaired) electrons. The lowest BCUT2D eigenvalue weighted by Gasteiger charge is -2.08. The zero-order valence-electron chi connectivity index (χ0n) is 11.4. The molecule has 1 heterocycles. The van der Waals surface area contributed by atoms with Crippen LogP contribution in [-0.4, -0.2) is 9.78 Å². The molecule has 0 aliphatic heterocycles. The number of halogens is 1. The number of nitrogens with zero attached hydrogens (tertiary/aromatic N) is 3. The summed E-state index contributed by atoms with van der Waals surface area (Å²) in [5.74, 6) is 0.103. The maximum atomic E-state index is 13.3. The number of rotatable bonds is 4. The van der Waals surface area contributed by atoms with E-state index in [2.05, 4.69) is 17.3 Å². The van der Waals surface area contributed by atoms with Gasteiger partial charge in [0.05, 0.1) is 16.9 Å². The zero-order chi connectivity index (χ0) is 14.7. The molecule has 1 aromatic carbocycles. The number of nitrogens with one attached hydrogen (secondary N) is 1. The van der Waals surface area contributed by atoms with Crippen molar-refractivity contribution in [2.24, 2.45) is 7.05 Å². The maximum Gasteiger partial charge on any atom is 0.152 e. The minimum Gasteiger partial charge on any atom is -0.394 e. The lowest BCUT2D eigenvalue weighted by Crippen LogP contribution is -2.01. The second-order valence-electron chi connectivity index (χ2n) is 4.51. The molecule has 0 atom stereocenters. The first kappa shape index (κ1) is 13.9. The third kappa shape index (κ3) is 2.57. The quantitative estimate of drug-likeness (QED) is 0.897. The average molecular weight is 273 g/mol. The number of nitrogens with two attached hydrogens (primary N) is 1. The van der Waals surface area contributed by atoms with Gasteiger partial charge in [0.15, 0.2) is 5.82 Å². The average Bonchev–Trinajstić information content (AvgIpc) is 2.69. The van der Waals surface area contributed by atoms with Crippen LogP contribution in [0.3, 0.4) is 0 Å². The Morgan fingerprint density at radius 3 is 2.90 bits per heavy atom. The molecule has 6 heteroatoms. The van der Waals surface area contributed by atoms with Crippen LogP contribution in [-0.2, 0) is 13.5 Å². The van der Waals surface area contributed by atoms with E-state index >= 15 is 0 Å². The van der Waals surface area contributed by atoms with Gasteiger partial charge in [-0.1, -0.05) is 13.3 Å². The van der Waals surface area contributed by atoms with Crippen molar-refractivity contribution in [2.75, 3.05) is 11.1 Å². The summed E-state index contributed by atoms with van der Waals surface area (Å²) < 4.78 is 14.9. The van der Waals surface area contributed by atoms with Crippen LogP contribution in [0, 0.1) is 17.1 Å². The highest BCUT2D eigenvalue weighted by molar-refractivity contribution is 5.71. The Kier molecular flexibility index (Phi) is 3.89. The highest BCUT2D eigenvalue weighted by Gasteiger charge is 2.13. The summed E-state index contributed by atoms with van der Waals surface area (Å²) in [5.41, 5.74) is 8.06. The lowest BCUT2D eigenvalue weighted by atomic mass is 10.2. The molecule has 5 nitrogen and oxygen atoms in total. The topological polar surface area (TPSA) is 79.7 Å². The van der Waals surface area contributed by atoms with E-state index in [0.717, 1.165) is 18.5 Å². The summed E-state index contributed by atoms with van der Waals surface area (Å²) in [5, 5.41) is 16.3. The van der Waals surface area contributed by atoms with Gasteiger partial charge in [0.1, 0.15) is 11.9 Å². The molecule has 3 N–H and O–H groups in total. The fourth-order valence-electron chi connectivity index (χ4n) is 1.99. The van der Waals surface area contributed by atoms with Crippen LogP contribution in [0.25, 0.3) is 0 Å². The number of nitriles is 1. The van der Waals surface area contributed by atoms with Gasteiger partial charge >= 0.3 is 0 Å². The third-order valence-corrected chi connectivity index (χ3v) is 3.00. The fourth-order valence-corrected chi connectivity index (χ4v) is 1.99. The van der Waals surface area contributed by atoms with Crippen LogP contribution >= 0.6 is 0 Å². The van der Waals surface area contributed by atoms with Crippen LogP contribution in [0.4, 0.5) is 21.6 Å². The Balaban J connectivity index is 2.33. The molecule has 0 spiro atoms. The molecule has 0 aliphatic carbocycles. The molecule has 20 heavy (non-hydrogen) atoms. The predicted octanol–water partition coefficient (Wildman–Crippen LogP) is 2.71. The van der Waals surface area contributed by atoms with E-state index in [1.807, 2.05) is 6.07 Å². The van der Waals surface area contributed by atoms with Crippen molar-refractivity contribution in [2.45, 2.75) is 19.8 Å². The molecule has 0 saturated carbocycles. The number of hydrogen-bond donors (Lipinski definition) is 2. The number of anilines is 3. The Bertz CT molecular complexity index is 669. The van der Waals surface area contributed by atoms with Crippen molar-refractivity contribution in [3.05, 3.63) is 35.3 Å². The number of hydrogen-bond acceptors (Lipinski definition) is 4. The Labute approximate surface area is 116 Å². The molecule has 0 fully saturated rings. The third-order valence-electron chi connectivity index (χ3n) is 3.00. The second-order valence-corrected chi connectivity index (χ2v) is 4.51. The van der Waals surface area contributed by atoms with E-state index in [1.54, 1.807) is 17.8 Å². The van der Waals surface area contributed by atoms with E-state index in [0.29, 0.717) is 17.2 Å². The first-order valence-corrected chi connectivity index (χ1v) is 6.34. The van der Waals surface area contributed by atoms with Gasteiger partial charge in [0, 0.05) is 12.7 Å². The van der Waals surface area contributed by atoms with E-state index in [9.17, 15) is 4.39 Å². The monoisotopic (exact) mass is 273 g/mol. The van der Waals surface area contributed by atoms with Gasteiger partial charge in [-0.05, 0) is 24.6 Å². The molecule has 0 unspecified atom stereocenters. The van der Waals surface area contributed by atoms with Crippen molar-refractivity contribution in [3.63, 3.8) is 0 Å². The predicted molar refractivity (Wildman–Crippen MR) is 76.0 cm³/mol. The number of aromatic nitrogens is 2. The minimum absolute atomic E-state index is 0.00970. The first-order chi connectivity index (χ1) is 9.56. The molecule has 0 aliphatic rings. The van der Waals surface area contributed by atoms with Crippen LogP contribution in [0.5, 0.6) is 0 Å². The molecule has 0 amide bonds. The molecule has 104 valence electrons. The Morgan fingerprint density at radius 1 is 1.50 bits per heavy atom. The van der Waals surface area contributed by atoms with E-state index in [-0.39, 0.29) is 5.56 Å². The normalized spacial score (nSPS) is 10.3. The van der Waals surface area contributed by atoms with Gasteiger partial charge in [-0.15, -0.1) is 0 Å². The van der Waals surface area contributed by atoms with Crippen molar-refractivity contribution >= 4 is 17.2 Å². The first-order valence-electron chi connectivity index (χ1n) is 6.34. The highest BCUT2D eigenvalue weighted by atomic mass is 19.1. The van der Waals surface area contributed by atoms with Crippen molar-refractivity contribution in [1.29, 1.82) is 5.26 Å². The summed E-state index contributed by atoms with van der Waals surface area (Å²) in [7, 11) is 1.78. The number of aryl methyl sites for hydroxylation is 2. The van der Waals surface area contributed by atoms with Crippen molar-refractivity contribution in [3.8, 4) is 6.07 Å².